The van der Waals surface area contributed by atoms with Crippen molar-refractivity contribution in [2.45, 2.75) is 18.9 Å². The molecule has 126 valence electrons. The molecule has 0 radical (unpaired) electrons. The lowest BCUT2D eigenvalue weighted by Gasteiger charge is -2.19. The second-order valence-electron chi connectivity index (χ2n) is 6.55. The summed E-state index contributed by atoms with van der Waals surface area (Å²) in [6.07, 6.45) is 3.42. The number of pyridine rings is 1. The second-order valence-corrected chi connectivity index (χ2v) is 6.55. The molecule has 0 bridgehead atoms. The van der Waals surface area contributed by atoms with Gasteiger partial charge < -0.3 is 4.74 Å². The van der Waals surface area contributed by atoms with E-state index in [0.29, 0.717) is 28.5 Å². The van der Waals surface area contributed by atoms with Gasteiger partial charge in [0, 0.05) is 24.5 Å². The highest BCUT2D eigenvalue weighted by Crippen LogP contribution is 2.58. The molecule has 0 saturated heterocycles. The molecule has 1 heterocycles. The van der Waals surface area contributed by atoms with Gasteiger partial charge in [0.1, 0.15) is 11.6 Å². The van der Waals surface area contributed by atoms with Crippen molar-refractivity contribution in [3.8, 4) is 5.75 Å². The number of amides is 1. The predicted octanol–water partition coefficient (Wildman–Crippen LogP) is 2.80. The van der Waals surface area contributed by atoms with Crippen molar-refractivity contribution < 1.29 is 18.8 Å². The van der Waals surface area contributed by atoms with E-state index in [4.69, 9.17) is 9.57 Å². The Bertz CT molecular complexity index is 785. The molecule has 2 aliphatic rings. The minimum absolute atomic E-state index is 0.0439. The van der Waals surface area contributed by atoms with E-state index in [1.54, 1.807) is 25.4 Å². The molecule has 6 heteroatoms. The van der Waals surface area contributed by atoms with Crippen LogP contribution in [0.1, 0.15) is 12.8 Å². The first-order valence-electron chi connectivity index (χ1n) is 8.11. The first-order chi connectivity index (χ1) is 11.6. The third-order valence-electron chi connectivity index (χ3n) is 5.23. The first-order valence-corrected chi connectivity index (χ1v) is 8.11. The average Bonchev–Trinajstić information content (AvgIpc) is 3.09. The van der Waals surface area contributed by atoms with Gasteiger partial charge in [0.25, 0.3) is 0 Å². The van der Waals surface area contributed by atoms with E-state index in [2.05, 4.69) is 4.98 Å². The van der Waals surface area contributed by atoms with Crippen LogP contribution in [0.3, 0.4) is 0 Å². The Kier molecular flexibility index (Phi) is 3.64. The first kappa shape index (κ1) is 15.3. The maximum Gasteiger partial charge on any atom is 0.249 e. The topological polar surface area (TPSA) is 51.7 Å². The largest absolute Gasteiger partial charge is 0.490 e. The summed E-state index contributed by atoms with van der Waals surface area (Å²) in [6, 6.07) is 6.27. The molecule has 24 heavy (non-hydrogen) atoms. The fourth-order valence-electron chi connectivity index (χ4n) is 3.93. The average molecular weight is 330 g/mol. The zero-order chi connectivity index (χ0) is 16.8. The number of carbonyl (C=O) groups is 1. The van der Waals surface area contributed by atoms with E-state index >= 15 is 0 Å². The highest BCUT2D eigenvalue weighted by atomic mass is 19.1. The molecular formula is C18H19FN2O3. The third-order valence-corrected chi connectivity index (χ3v) is 5.23. The Morgan fingerprint density at radius 3 is 2.75 bits per heavy atom. The van der Waals surface area contributed by atoms with Gasteiger partial charge in [-0.2, -0.15) is 0 Å². The molecule has 2 aliphatic carbocycles. The molecule has 1 amide bonds. The molecule has 2 saturated carbocycles. The lowest BCUT2D eigenvalue weighted by Crippen LogP contribution is -2.29. The number of ether oxygens (including phenoxy) is 1. The Hall–Kier alpha value is -2.21. The zero-order valence-electron chi connectivity index (χ0n) is 13.6. The summed E-state index contributed by atoms with van der Waals surface area (Å²) >= 11 is 0. The van der Waals surface area contributed by atoms with E-state index < -0.39 is 0 Å². The second kappa shape index (κ2) is 5.70. The Morgan fingerprint density at radius 1 is 1.29 bits per heavy atom. The summed E-state index contributed by atoms with van der Waals surface area (Å²) in [5, 5.41) is 1.99. The van der Waals surface area contributed by atoms with E-state index in [-0.39, 0.29) is 23.7 Å². The van der Waals surface area contributed by atoms with E-state index in [1.807, 2.05) is 0 Å². The number of halogens is 1. The summed E-state index contributed by atoms with van der Waals surface area (Å²) in [5.41, 5.74) is 0.715. The van der Waals surface area contributed by atoms with Gasteiger partial charge in [0.15, 0.2) is 0 Å². The van der Waals surface area contributed by atoms with Gasteiger partial charge in [0.2, 0.25) is 5.91 Å². The fourth-order valence-corrected chi connectivity index (χ4v) is 3.93. The lowest BCUT2D eigenvalue weighted by atomic mass is 10.1. The van der Waals surface area contributed by atoms with Crippen molar-refractivity contribution in [3.05, 3.63) is 36.3 Å². The summed E-state index contributed by atoms with van der Waals surface area (Å²) in [7, 11) is 3.14. The Labute approximate surface area is 139 Å². The number of fused-ring (bicyclic) bond motifs is 2. The molecule has 4 rings (SSSR count). The summed E-state index contributed by atoms with van der Waals surface area (Å²) in [4.78, 5) is 21.3. The van der Waals surface area contributed by atoms with Gasteiger partial charge in [-0.05, 0) is 48.9 Å². The number of rotatable bonds is 4. The van der Waals surface area contributed by atoms with Crippen molar-refractivity contribution in [1.82, 2.24) is 10.0 Å². The molecular weight excluding hydrogens is 311 g/mol. The van der Waals surface area contributed by atoms with E-state index in [0.717, 1.165) is 12.8 Å². The number of aromatic nitrogens is 1. The van der Waals surface area contributed by atoms with Gasteiger partial charge in [-0.15, -0.1) is 0 Å². The van der Waals surface area contributed by atoms with Crippen molar-refractivity contribution >= 4 is 16.8 Å². The van der Waals surface area contributed by atoms with Crippen molar-refractivity contribution in [2.75, 3.05) is 14.2 Å². The third kappa shape index (κ3) is 2.51. The molecule has 0 aliphatic heterocycles. The van der Waals surface area contributed by atoms with Gasteiger partial charge in [0.05, 0.1) is 18.7 Å². The minimum atomic E-state index is -0.303. The Balaban J connectivity index is 1.45. The number of hydrogen-bond donors (Lipinski definition) is 0. The number of nitrogens with zero attached hydrogens (tertiary/aromatic N) is 2. The highest BCUT2D eigenvalue weighted by molar-refractivity contribution is 5.85. The molecule has 1 aromatic carbocycles. The van der Waals surface area contributed by atoms with Crippen molar-refractivity contribution in [3.63, 3.8) is 0 Å². The van der Waals surface area contributed by atoms with Crippen LogP contribution in [0.4, 0.5) is 4.39 Å². The maximum atomic E-state index is 13.5. The number of carbonyl (C=O) groups excluding carboxylic acids is 1. The minimum Gasteiger partial charge on any atom is -0.490 e. The Morgan fingerprint density at radius 2 is 2.04 bits per heavy atom. The normalized spacial score (nSPS) is 27.8. The number of hydrogen-bond acceptors (Lipinski definition) is 4. The van der Waals surface area contributed by atoms with Crippen LogP contribution in [0.25, 0.3) is 10.9 Å². The SMILES string of the molecule is CON(C)C(=O)[C@H]1[C@@H]2C[C@@H](Oc3ccnc4ccc(F)cc34)C[C@@H]21. The molecule has 0 unspecified atom stereocenters. The standard InChI is InChI=1S/C18H19FN2O3/c1-21(23-2)18(22)17-12-8-11(9-13(12)17)24-16-5-6-20-15-4-3-10(19)7-14(15)16/h3-7,11-13,17H,8-9H2,1-2H3/t11-,12-,13+,17+. The van der Waals surface area contributed by atoms with Gasteiger partial charge >= 0.3 is 0 Å². The predicted molar refractivity (Wildman–Crippen MR) is 85.6 cm³/mol. The molecule has 2 fully saturated rings. The monoisotopic (exact) mass is 330 g/mol. The van der Waals surface area contributed by atoms with Crippen molar-refractivity contribution in [2.24, 2.45) is 17.8 Å². The maximum absolute atomic E-state index is 13.5. The van der Waals surface area contributed by atoms with Crippen LogP contribution >= 0.6 is 0 Å². The van der Waals surface area contributed by atoms with Gasteiger partial charge in [-0.1, -0.05) is 0 Å². The van der Waals surface area contributed by atoms with Gasteiger partial charge in [-0.25, -0.2) is 9.45 Å². The smallest absolute Gasteiger partial charge is 0.249 e. The van der Waals surface area contributed by atoms with Crippen LogP contribution in [0.5, 0.6) is 5.75 Å². The zero-order valence-corrected chi connectivity index (χ0v) is 13.6. The lowest BCUT2D eigenvalue weighted by molar-refractivity contribution is -0.171. The molecule has 2 aromatic rings. The molecule has 0 spiro atoms. The number of hydroxylamine groups is 2. The molecule has 0 N–H and O–H groups in total. The molecule has 4 atom stereocenters. The van der Waals surface area contributed by atoms with Crippen LogP contribution < -0.4 is 4.74 Å². The van der Waals surface area contributed by atoms with Gasteiger partial charge in [-0.3, -0.25) is 14.6 Å². The van der Waals surface area contributed by atoms with E-state index in [1.165, 1.54) is 24.3 Å². The fraction of sp³-hybridized carbons (Fsp3) is 0.444. The van der Waals surface area contributed by atoms with Crippen LogP contribution in [0.2, 0.25) is 0 Å². The summed E-state index contributed by atoms with van der Waals surface area (Å²) < 4.78 is 19.6. The quantitative estimate of drug-likeness (QED) is 0.809. The van der Waals surface area contributed by atoms with Crippen LogP contribution in [-0.2, 0) is 9.63 Å². The van der Waals surface area contributed by atoms with E-state index in [9.17, 15) is 9.18 Å². The van der Waals surface area contributed by atoms with Crippen LogP contribution in [-0.4, -0.2) is 36.2 Å². The molecule has 1 aromatic heterocycles. The summed E-state index contributed by atoms with van der Waals surface area (Å²) in [5.74, 6) is 1.18. The number of benzene rings is 1. The summed E-state index contributed by atoms with van der Waals surface area (Å²) in [6.45, 7) is 0. The highest BCUT2D eigenvalue weighted by Gasteiger charge is 2.61. The van der Waals surface area contributed by atoms with Crippen LogP contribution in [0, 0.1) is 23.6 Å². The van der Waals surface area contributed by atoms with Crippen LogP contribution in [0.15, 0.2) is 30.5 Å². The molecule has 5 nitrogen and oxygen atoms in total. The van der Waals surface area contributed by atoms with Crippen molar-refractivity contribution in [1.29, 1.82) is 0 Å².